The number of carboxylic acids is 1. The minimum absolute atomic E-state index is 0.00545. The number of aromatic nitrogens is 4. The topological polar surface area (TPSA) is 139 Å². The van der Waals surface area contributed by atoms with E-state index in [1.54, 1.807) is 16.9 Å². The van der Waals surface area contributed by atoms with E-state index in [0.29, 0.717) is 30.3 Å². The highest BCUT2D eigenvalue weighted by molar-refractivity contribution is 6.47. The van der Waals surface area contributed by atoms with E-state index >= 15 is 0 Å². The Kier molecular flexibility index (Phi) is 6.09. The van der Waals surface area contributed by atoms with E-state index < -0.39 is 18.9 Å². The summed E-state index contributed by atoms with van der Waals surface area (Å²) in [6.07, 6.45) is 2.62. The monoisotopic (exact) mass is 413 g/mol. The van der Waals surface area contributed by atoms with Gasteiger partial charge in [-0.05, 0) is 55.1 Å². The van der Waals surface area contributed by atoms with E-state index in [4.69, 9.17) is 4.65 Å². The smallest absolute Gasteiger partial charge is 0.526 e. The van der Waals surface area contributed by atoms with Gasteiger partial charge in [0.2, 0.25) is 0 Å². The molecule has 2 aliphatic heterocycles. The number of hydrogen-bond acceptors (Lipinski definition) is 8. The minimum Gasteiger partial charge on any atom is -0.535 e. The third-order valence-corrected chi connectivity index (χ3v) is 5.67. The van der Waals surface area contributed by atoms with Crippen molar-refractivity contribution >= 4 is 18.9 Å². The van der Waals surface area contributed by atoms with Gasteiger partial charge < -0.3 is 20.1 Å². The molecular formula is C19H24BN5O5. The number of carboxylic acid groups (broad SMARTS) is 1. The number of aromatic carboxylic acids is 1. The van der Waals surface area contributed by atoms with Crippen LogP contribution in [0.25, 0.3) is 0 Å². The normalized spacial score (nSPS) is 19.2. The summed E-state index contributed by atoms with van der Waals surface area (Å²) in [6, 6.07) is 4.81. The summed E-state index contributed by atoms with van der Waals surface area (Å²) in [5, 5.41) is 35.2. The van der Waals surface area contributed by atoms with E-state index in [0.717, 1.165) is 25.9 Å². The molecule has 2 aromatic rings. The molecule has 1 fully saturated rings. The third kappa shape index (κ3) is 4.68. The third-order valence-electron chi connectivity index (χ3n) is 5.67. The molecule has 0 aliphatic carbocycles. The molecule has 0 unspecified atom stereocenters. The molecule has 0 spiro atoms. The van der Waals surface area contributed by atoms with Gasteiger partial charge in [0.05, 0.1) is 18.5 Å². The fourth-order valence-electron chi connectivity index (χ4n) is 4.09. The molecule has 3 N–H and O–H groups in total. The number of nitrogens with one attached hydrogen (secondary N) is 1. The first kappa shape index (κ1) is 20.5. The van der Waals surface area contributed by atoms with Crippen LogP contribution in [0.2, 0.25) is 5.82 Å². The fourth-order valence-corrected chi connectivity index (χ4v) is 4.09. The van der Waals surface area contributed by atoms with Gasteiger partial charge in [-0.15, -0.1) is 10.2 Å². The molecule has 1 aromatic heterocycles. The lowest BCUT2D eigenvalue weighted by molar-refractivity contribution is -0.118. The molecule has 1 atom stereocenters. The van der Waals surface area contributed by atoms with Crippen LogP contribution in [0.15, 0.2) is 18.2 Å². The zero-order chi connectivity index (χ0) is 21.1. The summed E-state index contributed by atoms with van der Waals surface area (Å²) >= 11 is 0. The number of benzene rings is 1. The Morgan fingerprint density at radius 1 is 1.30 bits per heavy atom. The molecular weight excluding hydrogens is 389 g/mol. The Hall–Kier alpha value is -2.79. The predicted molar refractivity (Wildman–Crippen MR) is 106 cm³/mol. The molecule has 4 rings (SSSR count). The van der Waals surface area contributed by atoms with E-state index in [9.17, 15) is 19.7 Å². The maximum absolute atomic E-state index is 12.5. The second-order valence-corrected chi connectivity index (χ2v) is 7.95. The Labute approximate surface area is 173 Å². The van der Waals surface area contributed by atoms with Gasteiger partial charge in [-0.3, -0.25) is 4.79 Å². The van der Waals surface area contributed by atoms with Crippen LogP contribution < -0.4 is 9.97 Å². The zero-order valence-corrected chi connectivity index (χ0v) is 16.5. The van der Waals surface area contributed by atoms with Crippen molar-refractivity contribution < 1.29 is 24.4 Å². The number of ketones is 1. The van der Waals surface area contributed by atoms with Gasteiger partial charge in [0, 0.05) is 12.2 Å². The number of carbonyl (C=O) groups is 2. The van der Waals surface area contributed by atoms with E-state index in [1.807, 2.05) is 0 Å². The molecule has 1 saturated heterocycles. The van der Waals surface area contributed by atoms with Crippen molar-refractivity contribution in [2.24, 2.45) is 5.92 Å². The van der Waals surface area contributed by atoms with Gasteiger partial charge in [-0.25, -0.2) is 4.79 Å². The SMILES string of the molecule is O=C(Cc1nnn(CC2CCNCC2)n1)C[C@H]1Cc2cccc(C(=O)O)c2OB1O. The zero-order valence-electron chi connectivity index (χ0n) is 16.5. The van der Waals surface area contributed by atoms with Crippen molar-refractivity contribution in [3.05, 3.63) is 35.2 Å². The van der Waals surface area contributed by atoms with E-state index in [1.165, 1.54) is 6.07 Å². The molecule has 10 nitrogen and oxygen atoms in total. The van der Waals surface area contributed by atoms with Gasteiger partial charge >= 0.3 is 13.1 Å². The van der Waals surface area contributed by atoms with E-state index in [-0.39, 0.29) is 29.9 Å². The molecule has 11 heteroatoms. The summed E-state index contributed by atoms with van der Waals surface area (Å²) in [5.74, 6) is -0.653. The molecule has 2 aliphatic rings. The number of nitrogens with zero attached hydrogens (tertiary/aromatic N) is 4. The number of carbonyl (C=O) groups excluding carboxylic acids is 1. The van der Waals surface area contributed by atoms with Gasteiger partial charge in [0.1, 0.15) is 11.5 Å². The van der Waals surface area contributed by atoms with Crippen LogP contribution in [0.3, 0.4) is 0 Å². The number of rotatable bonds is 7. The van der Waals surface area contributed by atoms with Crippen LogP contribution in [-0.2, 0) is 24.2 Å². The number of tetrazole rings is 1. The molecule has 0 radical (unpaired) electrons. The Balaban J connectivity index is 1.34. The van der Waals surface area contributed by atoms with Crippen LogP contribution in [-0.4, -0.2) is 62.3 Å². The molecule has 0 saturated carbocycles. The Morgan fingerprint density at radius 2 is 2.10 bits per heavy atom. The lowest BCUT2D eigenvalue weighted by atomic mass is 9.64. The van der Waals surface area contributed by atoms with Gasteiger partial charge in [0.15, 0.2) is 5.82 Å². The first-order valence-corrected chi connectivity index (χ1v) is 10.2. The van der Waals surface area contributed by atoms with Gasteiger partial charge in [0.25, 0.3) is 0 Å². The number of hydrogen-bond donors (Lipinski definition) is 3. The maximum atomic E-state index is 12.5. The van der Waals surface area contributed by atoms with Gasteiger partial charge in [-0.1, -0.05) is 12.1 Å². The molecule has 0 amide bonds. The van der Waals surface area contributed by atoms with Crippen molar-refractivity contribution in [3.63, 3.8) is 0 Å². The second kappa shape index (κ2) is 8.92. The number of para-hydroxylation sites is 1. The largest absolute Gasteiger partial charge is 0.535 e. The number of fused-ring (bicyclic) bond motifs is 1. The highest BCUT2D eigenvalue weighted by Gasteiger charge is 2.37. The quantitative estimate of drug-likeness (QED) is 0.549. The molecule has 30 heavy (non-hydrogen) atoms. The van der Waals surface area contributed by atoms with Crippen molar-refractivity contribution in [3.8, 4) is 5.75 Å². The molecule has 3 heterocycles. The summed E-state index contributed by atoms with van der Waals surface area (Å²) in [7, 11) is -1.24. The Bertz CT molecular complexity index is 930. The molecule has 1 aromatic carbocycles. The van der Waals surface area contributed by atoms with Crippen LogP contribution in [0.5, 0.6) is 5.75 Å². The second-order valence-electron chi connectivity index (χ2n) is 7.95. The predicted octanol–water partition coefficient (Wildman–Crippen LogP) is 0.358. The van der Waals surface area contributed by atoms with Crippen LogP contribution in [0.4, 0.5) is 0 Å². The minimum atomic E-state index is -1.24. The highest BCUT2D eigenvalue weighted by Crippen LogP contribution is 2.36. The number of Topliss-reactive ketones (excluding diaryl/α,β-unsaturated/α-hetero) is 1. The molecule has 0 bridgehead atoms. The number of piperidine rings is 1. The standard InChI is InChI=1S/C19H24BN5O5/c26-15(10-17-22-24-25(23-17)11-12-4-6-21-7-5-12)9-14-8-13-2-1-3-16(19(27)28)18(13)30-20(14)29/h1-3,12,14,21,29H,4-11H2,(H,27,28)/t14-/m1/s1. The summed E-state index contributed by atoms with van der Waals surface area (Å²) in [6.45, 7) is 2.68. The summed E-state index contributed by atoms with van der Waals surface area (Å²) in [5.41, 5.74) is 0.676. The average Bonchev–Trinajstić information content (AvgIpc) is 3.15. The first-order valence-electron chi connectivity index (χ1n) is 10.2. The molecule has 158 valence electrons. The Morgan fingerprint density at radius 3 is 2.87 bits per heavy atom. The van der Waals surface area contributed by atoms with Crippen LogP contribution in [0.1, 0.15) is 41.0 Å². The van der Waals surface area contributed by atoms with Crippen LogP contribution in [0, 0.1) is 5.92 Å². The van der Waals surface area contributed by atoms with E-state index in [2.05, 4.69) is 20.7 Å². The first-order chi connectivity index (χ1) is 14.5. The van der Waals surface area contributed by atoms with Crippen molar-refractivity contribution in [2.45, 2.75) is 44.5 Å². The average molecular weight is 413 g/mol. The van der Waals surface area contributed by atoms with Gasteiger partial charge in [-0.2, -0.15) is 4.80 Å². The van der Waals surface area contributed by atoms with Crippen molar-refractivity contribution in [1.82, 2.24) is 25.5 Å². The highest BCUT2D eigenvalue weighted by atomic mass is 16.5. The summed E-state index contributed by atoms with van der Waals surface area (Å²) in [4.78, 5) is 25.4. The van der Waals surface area contributed by atoms with Crippen LogP contribution >= 0.6 is 0 Å². The lowest BCUT2D eigenvalue weighted by Gasteiger charge is -2.27. The fraction of sp³-hybridized carbons (Fsp3) is 0.526. The maximum Gasteiger partial charge on any atom is 0.526 e. The lowest BCUT2D eigenvalue weighted by Crippen LogP contribution is -2.36. The van der Waals surface area contributed by atoms with Crippen molar-refractivity contribution in [1.29, 1.82) is 0 Å². The van der Waals surface area contributed by atoms with Crippen molar-refractivity contribution in [2.75, 3.05) is 13.1 Å². The summed E-state index contributed by atoms with van der Waals surface area (Å²) < 4.78 is 5.45.